The largest absolute Gasteiger partial charge is 0.462 e. The molecule has 0 aromatic carbocycles. The summed E-state index contributed by atoms with van der Waals surface area (Å²) in [6.45, 7) is 6.70. The first-order valence-corrected chi connectivity index (χ1v) is 32.3. The molecule has 6 nitrogen and oxygen atoms in total. The molecule has 0 heterocycles. The van der Waals surface area contributed by atoms with Gasteiger partial charge in [-0.05, 0) is 70.6 Å². The third-order valence-corrected chi connectivity index (χ3v) is 14.7. The summed E-state index contributed by atoms with van der Waals surface area (Å²) in [7, 11) is 0. The summed E-state index contributed by atoms with van der Waals surface area (Å²) < 4.78 is 16.9. The number of esters is 3. The monoisotopic (exact) mass is 1010 g/mol. The van der Waals surface area contributed by atoms with Gasteiger partial charge < -0.3 is 14.2 Å². The summed E-state index contributed by atoms with van der Waals surface area (Å²) in [6.07, 6.45) is 73.2. The summed E-state index contributed by atoms with van der Waals surface area (Å²) in [5.41, 5.74) is 0. The fraction of sp³-hybridized carbons (Fsp3) is 0.894. The molecule has 0 aromatic heterocycles. The van der Waals surface area contributed by atoms with E-state index < -0.39 is 6.10 Å². The van der Waals surface area contributed by atoms with Gasteiger partial charge >= 0.3 is 17.9 Å². The molecule has 0 aliphatic carbocycles. The lowest BCUT2D eigenvalue weighted by Gasteiger charge is -2.18. The van der Waals surface area contributed by atoms with Crippen molar-refractivity contribution in [3.63, 3.8) is 0 Å². The highest BCUT2D eigenvalue weighted by Gasteiger charge is 2.19. The van der Waals surface area contributed by atoms with Gasteiger partial charge in [0.15, 0.2) is 6.10 Å². The van der Waals surface area contributed by atoms with Crippen molar-refractivity contribution >= 4 is 17.9 Å². The molecule has 0 aromatic rings. The maximum Gasteiger partial charge on any atom is 0.306 e. The lowest BCUT2D eigenvalue weighted by atomic mass is 10.0. The number of allylic oxidation sites excluding steroid dienone is 4. The van der Waals surface area contributed by atoms with Gasteiger partial charge in [-0.25, -0.2) is 0 Å². The number of carbonyl (C=O) groups is 3. The van der Waals surface area contributed by atoms with Crippen LogP contribution in [-0.4, -0.2) is 37.2 Å². The van der Waals surface area contributed by atoms with Crippen LogP contribution in [0, 0.1) is 0 Å². The molecule has 0 rings (SSSR count). The Balaban J connectivity index is 4.27. The van der Waals surface area contributed by atoms with Crippen molar-refractivity contribution in [2.24, 2.45) is 0 Å². The van der Waals surface area contributed by atoms with E-state index in [2.05, 4.69) is 45.1 Å². The molecule has 72 heavy (non-hydrogen) atoms. The van der Waals surface area contributed by atoms with Crippen LogP contribution >= 0.6 is 0 Å². The molecule has 6 heteroatoms. The molecule has 1 atom stereocenters. The van der Waals surface area contributed by atoms with Gasteiger partial charge in [-0.3, -0.25) is 14.4 Å². The summed E-state index contributed by atoms with van der Waals surface area (Å²) in [5.74, 6) is -0.847. The Morgan fingerprint density at radius 1 is 0.264 bits per heavy atom. The van der Waals surface area contributed by atoms with E-state index in [1.807, 2.05) is 0 Å². The SMILES string of the molecule is CCCCCCCC/C=C\CCCCCCCCCC(=O)OC(COC(=O)CCCCCCCCCCCCC/C=C\CCCCCCCCCC)COC(=O)CCCCCCCCCCCCCCCC. The second-order valence-corrected chi connectivity index (χ2v) is 22.0. The van der Waals surface area contributed by atoms with Gasteiger partial charge in [0.1, 0.15) is 13.2 Å². The Kier molecular flexibility index (Phi) is 59.6. The topological polar surface area (TPSA) is 78.9 Å². The average Bonchev–Trinajstić information content (AvgIpc) is 3.38. The zero-order valence-electron chi connectivity index (χ0n) is 48.7. The normalized spacial score (nSPS) is 12.1. The Labute approximate surface area is 449 Å². The minimum Gasteiger partial charge on any atom is -0.462 e. The quantitative estimate of drug-likeness (QED) is 0.0261. The van der Waals surface area contributed by atoms with Crippen molar-refractivity contribution < 1.29 is 28.6 Å². The zero-order chi connectivity index (χ0) is 52.2. The highest BCUT2D eigenvalue weighted by atomic mass is 16.6. The van der Waals surface area contributed by atoms with Crippen molar-refractivity contribution in [1.29, 1.82) is 0 Å². The number of rotatable bonds is 60. The molecule has 0 bridgehead atoms. The van der Waals surface area contributed by atoms with Crippen molar-refractivity contribution in [2.75, 3.05) is 13.2 Å². The van der Waals surface area contributed by atoms with E-state index in [0.717, 1.165) is 57.8 Å². The van der Waals surface area contributed by atoms with Crippen molar-refractivity contribution in [1.82, 2.24) is 0 Å². The summed E-state index contributed by atoms with van der Waals surface area (Å²) in [4.78, 5) is 38.3. The summed E-state index contributed by atoms with van der Waals surface area (Å²) in [5, 5.41) is 0. The summed E-state index contributed by atoms with van der Waals surface area (Å²) in [6, 6.07) is 0. The first-order chi connectivity index (χ1) is 35.5. The van der Waals surface area contributed by atoms with Crippen molar-refractivity contribution in [3.05, 3.63) is 24.3 Å². The number of hydrogen-bond donors (Lipinski definition) is 0. The predicted molar refractivity (Wildman–Crippen MR) is 312 cm³/mol. The van der Waals surface area contributed by atoms with E-state index in [1.54, 1.807) is 0 Å². The molecular weight excluding hydrogens is 889 g/mol. The van der Waals surface area contributed by atoms with Crippen LogP contribution in [0.4, 0.5) is 0 Å². The molecule has 0 fully saturated rings. The van der Waals surface area contributed by atoms with Crippen LogP contribution in [0.1, 0.15) is 361 Å². The number of unbranched alkanes of at least 4 members (excludes halogenated alkanes) is 45. The number of carbonyl (C=O) groups excluding carboxylic acids is 3. The van der Waals surface area contributed by atoms with E-state index in [0.29, 0.717) is 19.3 Å². The van der Waals surface area contributed by atoms with Gasteiger partial charge in [0.2, 0.25) is 0 Å². The van der Waals surface area contributed by atoms with Gasteiger partial charge in [0.25, 0.3) is 0 Å². The van der Waals surface area contributed by atoms with E-state index in [9.17, 15) is 14.4 Å². The van der Waals surface area contributed by atoms with Gasteiger partial charge in [-0.15, -0.1) is 0 Å². The second kappa shape index (κ2) is 61.4. The van der Waals surface area contributed by atoms with Crippen LogP contribution in [0.2, 0.25) is 0 Å². The van der Waals surface area contributed by atoms with Crippen LogP contribution in [0.5, 0.6) is 0 Å². The molecular formula is C66H124O6. The van der Waals surface area contributed by atoms with Gasteiger partial charge in [0, 0.05) is 19.3 Å². The minimum absolute atomic E-state index is 0.0680. The lowest BCUT2D eigenvalue weighted by Crippen LogP contribution is -2.30. The van der Waals surface area contributed by atoms with E-state index >= 15 is 0 Å². The standard InChI is InChI=1S/C66H124O6/c1-4-7-10-13-16-19-22-25-28-30-31-32-33-34-35-37-38-41-44-47-50-53-56-59-65(68)71-62-63(61-70-64(67)58-55-52-49-46-43-40-27-24-21-18-15-12-9-6-3)72-66(69)60-57-54-51-48-45-42-39-36-29-26-23-20-17-14-11-8-5-2/h26,29-31,63H,4-25,27-28,32-62H2,1-3H3/b29-26-,31-30-. The first-order valence-electron chi connectivity index (χ1n) is 32.3. The number of hydrogen-bond acceptors (Lipinski definition) is 6. The maximum atomic E-state index is 12.9. The highest BCUT2D eigenvalue weighted by molar-refractivity contribution is 5.71. The molecule has 0 aliphatic rings. The van der Waals surface area contributed by atoms with Crippen LogP contribution in [-0.2, 0) is 28.6 Å². The van der Waals surface area contributed by atoms with E-state index in [-0.39, 0.29) is 31.1 Å². The molecule has 0 amide bonds. The fourth-order valence-electron chi connectivity index (χ4n) is 9.79. The highest BCUT2D eigenvalue weighted by Crippen LogP contribution is 2.17. The molecule has 0 spiro atoms. The third-order valence-electron chi connectivity index (χ3n) is 14.7. The Morgan fingerprint density at radius 2 is 0.458 bits per heavy atom. The van der Waals surface area contributed by atoms with Crippen molar-refractivity contribution in [2.45, 2.75) is 367 Å². The Hall–Kier alpha value is -2.11. The molecule has 0 N–H and O–H groups in total. The Bertz CT molecular complexity index is 1160. The molecule has 0 aliphatic heterocycles. The lowest BCUT2D eigenvalue weighted by molar-refractivity contribution is -0.167. The van der Waals surface area contributed by atoms with Crippen LogP contribution in [0.15, 0.2) is 24.3 Å². The molecule has 0 radical (unpaired) electrons. The summed E-state index contributed by atoms with van der Waals surface area (Å²) >= 11 is 0. The fourth-order valence-corrected chi connectivity index (χ4v) is 9.79. The van der Waals surface area contributed by atoms with Crippen molar-refractivity contribution in [3.8, 4) is 0 Å². The number of ether oxygens (including phenoxy) is 3. The van der Waals surface area contributed by atoms with Gasteiger partial charge in [-0.2, -0.15) is 0 Å². The average molecular weight is 1010 g/mol. The second-order valence-electron chi connectivity index (χ2n) is 22.0. The molecule has 1 unspecified atom stereocenters. The van der Waals surface area contributed by atoms with Crippen LogP contribution in [0.25, 0.3) is 0 Å². The first kappa shape index (κ1) is 69.9. The van der Waals surface area contributed by atoms with Crippen LogP contribution < -0.4 is 0 Å². The predicted octanol–water partition coefficient (Wildman–Crippen LogP) is 21.8. The smallest absolute Gasteiger partial charge is 0.306 e. The van der Waals surface area contributed by atoms with E-state index in [4.69, 9.17) is 14.2 Å². The minimum atomic E-state index is -0.771. The molecule has 424 valence electrons. The third kappa shape index (κ3) is 58.8. The maximum absolute atomic E-state index is 12.9. The van der Waals surface area contributed by atoms with E-state index in [1.165, 1.54) is 263 Å². The zero-order valence-corrected chi connectivity index (χ0v) is 48.7. The molecule has 0 saturated heterocycles. The van der Waals surface area contributed by atoms with Crippen LogP contribution in [0.3, 0.4) is 0 Å². The van der Waals surface area contributed by atoms with Gasteiger partial charge in [-0.1, -0.05) is 295 Å². The Morgan fingerprint density at radius 3 is 0.694 bits per heavy atom. The molecule has 0 saturated carbocycles. The van der Waals surface area contributed by atoms with Gasteiger partial charge in [0.05, 0.1) is 0 Å².